The summed E-state index contributed by atoms with van der Waals surface area (Å²) in [4.78, 5) is 18.4. The number of benzene rings is 2. The zero-order chi connectivity index (χ0) is 24.8. The number of rotatable bonds is 11. The number of nitrogens with one attached hydrogen (secondary N) is 2. The number of carbonyl (C=O) groups excluding carboxylic acids is 1. The molecule has 0 saturated carbocycles. The van der Waals surface area contributed by atoms with Gasteiger partial charge in [-0.15, -0.1) is 0 Å². The summed E-state index contributed by atoms with van der Waals surface area (Å²) < 4.78 is 11.6. The van der Waals surface area contributed by atoms with Gasteiger partial charge in [-0.3, -0.25) is 4.79 Å². The molecule has 5 N–H and O–H groups in total. The van der Waals surface area contributed by atoms with E-state index >= 15 is 0 Å². The third-order valence-electron chi connectivity index (χ3n) is 5.61. The van der Waals surface area contributed by atoms with Gasteiger partial charge in [-0.05, 0) is 56.2 Å². The number of fused-ring (bicyclic) bond motifs is 1. The predicted molar refractivity (Wildman–Crippen MR) is 135 cm³/mol. The van der Waals surface area contributed by atoms with Gasteiger partial charge in [0.15, 0.2) is 0 Å². The van der Waals surface area contributed by atoms with Gasteiger partial charge >= 0.3 is 0 Å². The van der Waals surface area contributed by atoms with Gasteiger partial charge in [0.1, 0.15) is 24.2 Å². The van der Waals surface area contributed by atoms with Crippen LogP contribution in [0.15, 0.2) is 73.1 Å². The Kier molecular flexibility index (Phi) is 7.33. The maximum Gasteiger partial charge on any atom is 0.250 e. The molecule has 4 aromatic rings. The maximum absolute atomic E-state index is 11.1. The van der Waals surface area contributed by atoms with Crippen LogP contribution in [0.2, 0.25) is 0 Å². The molecule has 2 aromatic carbocycles. The first-order chi connectivity index (χ1) is 16.8. The quantitative estimate of drug-likeness (QED) is 0.262. The minimum atomic E-state index is -0.646. The molecule has 8 heteroatoms. The molecule has 35 heavy (non-hydrogen) atoms. The Morgan fingerprint density at radius 2 is 1.91 bits per heavy atom. The number of hydrogen-bond acceptors (Lipinski definition) is 6. The lowest BCUT2D eigenvalue weighted by molar-refractivity contribution is 0.0995. The Balaban J connectivity index is 1.24. The summed E-state index contributed by atoms with van der Waals surface area (Å²) in [6, 6.07) is 18.8. The van der Waals surface area contributed by atoms with Crippen LogP contribution in [0.3, 0.4) is 0 Å². The SMILES string of the molecule is CC(C)(Cc1ccc(Oc2ccc(C(N)=O)cn2)cc1)NC[C@H](O)COc1c[nH]c2ccccc12. The Labute approximate surface area is 204 Å². The fourth-order valence-corrected chi connectivity index (χ4v) is 3.76. The highest BCUT2D eigenvalue weighted by Crippen LogP contribution is 2.25. The van der Waals surface area contributed by atoms with Crippen LogP contribution in [0, 0.1) is 0 Å². The minimum absolute atomic E-state index is 0.200. The van der Waals surface area contributed by atoms with E-state index in [-0.39, 0.29) is 12.1 Å². The third-order valence-corrected chi connectivity index (χ3v) is 5.61. The largest absolute Gasteiger partial charge is 0.489 e. The lowest BCUT2D eigenvalue weighted by Gasteiger charge is -2.28. The monoisotopic (exact) mass is 474 g/mol. The number of ether oxygens (including phenoxy) is 2. The van der Waals surface area contributed by atoms with Crippen LogP contribution < -0.4 is 20.5 Å². The van der Waals surface area contributed by atoms with Gasteiger partial charge < -0.3 is 30.6 Å². The highest BCUT2D eigenvalue weighted by atomic mass is 16.5. The molecule has 2 heterocycles. The number of aliphatic hydroxyl groups is 1. The van der Waals surface area contributed by atoms with Crippen molar-refractivity contribution in [3.8, 4) is 17.4 Å². The van der Waals surface area contributed by atoms with Crippen molar-refractivity contribution >= 4 is 16.8 Å². The number of aliphatic hydroxyl groups excluding tert-OH is 1. The molecule has 0 unspecified atom stereocenters. The van der Waals surface area contributed by atoms with Crippen LogP contribution in [0.1, 0.15) is 29.8 Å². The highest BCUT2D eigenvalue weighted by Gasteiger charge is 2.20. The van der Waals surface area contributed by atoms with Gasteiger partial charge in [0.25, 0.3) is 0 Å². The van der Waals surface area contributed by atoms with Crippen molar-refractivity contribution in [2.75, 3.05) is 13.2 Å². The molecule has 0 spiro atoms. The molecule has 4 rings (SSSR count). The average molecular weight is 475 g/mol. The number of H-pyrrole nitrogens is 1. The van der Waals surface area contributed by atoms with Crippen LogP contribution in [-0.2, 0) is 6.42 Å². The fraction of sp³-hybridized carbons (Fsp3) is 0.259. The molecule has 1 atom stereocenters. The number of primary amides is 1. The standard InChI is InChI=1S/C27H30N4O4/c1-27(2,31-15-20(32)17-34-24-16-29-23-6-4-3-5-22(23)24)13-18-7-10-21(11-8-18)35-25-12-9-19(14-30-25)26(28)33/h3-12,14,16,20,29,31-32H,13,15,17H2,1-2H3,(H2,28,33)/t20-/m0/s1. The summed E-state index contributed by atoms with van der Waals surface area (Å²) in [5.41, 5.74) is 7.45. The van der Waals surface area contributed by atoms with Crippen molar-refractivity contribution in [2.45, 2.75) is 31.9 Å². The lowest BCUT2D eigenvalue weighted by Crippen LogP contribution is -2.46. The summed E-state index contributed by atoms with van der Waals surface area (Å²) in [6.07, 6.45) is 3.32. The Morgan fingerprint density at radius 3 is 2.63 bits per heavy atom. The summed E-state index contributed by atoms with van der Waals surface area (Å²) >= 11 is 0. The van der Waals surface area contributed by atoms with Crippen molar-refractivity contribution in [3.63, 3.8) is 0 Å². The second-order valence-electron chi connectivity index (χ2n) is 9.10. The second kappa shape index (κ2) is 10.6. The first kappa shape index (κ1) is 24.3. The predicted octanol–water partition coefficient (Wildman–Crippen LogP) is 3.80. The number of para-hydroxylation sites is 1. The smallest absolute Gasteiger partial charge is 0.250 e. The molecule has 0 aliphatic carbocycles. The summed E-state index contributed by atoms with van der Waals surface area (Å²) in [5.74, 6) is 1.23. The number of pyridine rings is 1. The van der Waals surface area contributed by atoms with E-state index in [9.17, 15) is 9.90 Å². The van der Waals surface area contributed by atoms with Crippen molar-refractivity contribution in [1.29, 1.82) is 0 Å². The van der Waals surface area contributed by atoms with E-state index in [1.807, 2.05) is 54.7 Å². The first-order valence-electron chi connectivity index (χ1n) is 11.4. The third kappa shape index (κ3) is 6.59. The Bertz CT molecular complexity index is 1270. The molecular weight excluding hydrogens is 444 g/mol. The van der Waals surface area contributed by atoms with Crippen molar-refractivity contribution in [2.24, 2.45) is 5.73 Å². The molecule has 0 bridgehead atoms. The average Bonchev–Trinajstić information content (AvgIpc) is 3.26. The Hall–Kier alpha value is -3.88. The molecule has 0 aliphatic heterocycles. The van der Waals surface area contributed by atoms with Gasteiger partial charge in [-0.2, -0.15) is 0 Å². The number of amides is 1. The normalized spacial score (nSPS) is 12.4. The summed E-state index contributed by atoms with van der Waals surface area (Å²) in [7, 11) is 0. The molecule has 8 nitrogen and oxygen atoms in total. The fourth-order valence-electron chi connectivity index (χ4n) is 3.76. The number of aromatic nitrogens is 2. The summed E-state index contributed by atoms with van der Waals surface area (Å²) in [6.45, 7) is 4.79. The lowest BCUT2D eigenvalue weighted by atomic mass is 9.94. The van der Waals surface area contributed by atoms with Gasteiger partial charge in [0.05, 0.1) is 5.56 Å². The van der Waals surface area contributed by atoms with E-state index in [0.717, 1.165) is 28.6 Å². The van der Waals surface area contributed by atoms with Gasteiger partial charge in [0, 0.05) is 41.4 Å². The van der Waals surface area contributed by atoms with Crippen LogP contribution in [0.4, 0.5) is 0 Å². The molecule has 2 aromatic heterocycles. The molecule has 0 fully saturated rings. The molecule has 0 radical (unpaired) electrons. The van der Waals surface area contributed by atoms with E-state index in [2.05, 4.69) is 29.1 Å². The van der Waals surface area contributed by atoms with Crippen molar-refractivity contribution in [3.05, 3.63) is 84.2 Å². The van der Waals surface area contributed by atoms with E-state index in [1.54, 1.807) is 12.1 Å². The van der Waals surface area contributed by atoms with Crippen LogP contribution in [-0.4, -0.2) is 45.8 Å². The summed E-state index contributed by atoms with van der Waals surface area (Å²) in [5, 5.41) is 14.9. The van der Waals surface area contributed by atoms with Crippen molar-refractivity contribution < 1.29 is 19.4 Å². The number of nitrogens with zero attached hydrogens (tertiary/aromatic N) is 1. The van der Waals surface area contributed by atoms with E-state index < -0.39 is 12.0 Å². The molecule has 182 valence electrons. The molecule has 0 saturated heterocycles. The van der Waals surface area contributed by atoms with Crippen LogP contribution >= 0.6 is 0 Å². The number of nitrogens with two attached hydrogens (primary N) is 1. The highest BCUT2D eigenvalue weighted by molar-refractivity contribution is 5.92. The van der Waals surface area contributed by atoms with Gasteiger partial charge in [0.2, 0.25) is 11.8 Å². The first-order valence-corrected chi connectivity index (χ1v) is 11.4. The van der Waals surface area contributed by atoms with Gasteiger partial charge in [-0.1, -0.05) is 24.3 Å². The van der Waals surface area contributed by atoms with Crippen LogP contribution in [0.25, 0.3) is 10.9 Å². The van der Waals surface area contributed by atoms with E-state index in [4.69, 9.17) is 15.2 Å². The molecule has 1 amide bonds. The van der Waals surface area contributed by atoms with Gasteiger partial charge in [-0.25, -0.2) is 4.98 Å². The zero-order valence-electron chi connectivity index (χ0n) is 19.8. The maximum atomic E-state index is 11.1. The molecular formula is C27H30N4O4. The van der Waals surface area contributed by atoms with Crippen LogP contribution in [0.5, 0.6) is 17.4 Å². The topological polar surface area (TPSA) is 122 Å². The number of β-amino-alcohol motifs (C(OH)–C–C–N with tert-alkyl or cyclic N) is 1. The molecule has 0 aliphatic rings. The van der Waals surface area contributed by atoms with E-state index in [1.165, 1.54) is 6.20 Å². The number of aromatic amines is 1. The zero-order valence-corrected chi connectivity index (χ0v) is 19.8. The second-order valence-corrected chi connectivity index (χ2v) is 9.10. The number of hydrogen-bond donors (Lipinski definition) is 4. The van der Waals surface area contributed by atoms with E-state index in [0.29, 0.717) is 23.7 Å². The number of carbonyl (C=O) groups is 1. The van der Waals surface area contributed by atoms with Crippen molar-refractivity contribution in [1.82, 2.24) is 15.3 Å². The Morgan fingerprint density at radius 1 is 1.14 bits per heavy atom. The minimum Gasteiger partial charge on any atom is -0.489 e.